The molecule has 20 heavy (non-hydrogen) atoms. The van der Waals surface area contributed by atoms with E-state index >= 15 is 0 Å². The summed E-state index contributed by atoms with van der Waals surface area (Å²) >= 11 is 3.61. The van der Waals surface area contributed by atoms with E-state index in [4.69, 9.17) is 0 Å². The fourth-order valence-corrected chi connectivity index (χ4v) is 3.03. The van der Waals surface area contributed by atoms with Crippen LogP contribution in [-0.2, 0) is 13.0 Å². The van der Waals surface area contributed by atoms with Gasteiger partial charge in [-0.1, -0.05) is 29.8 Å². The zero-order valence-electron chi connectivity index (χ0n) is 12.4. The first-order valence-electron chi connectivity index (χ1n) is 7.09. The van der Waals surface area contributed by atoms with Crippen LogP contribution in [0.3, 0.4) is 0 Å². The average Bonchev–Trinajstić information content (AvgIpc) is 2.83. The van der Waals surface area contributed by atoms with Crippen LogP contribution in [0, 0.1) is 6.92 Å². The average molecular weight is 336 g/mol. The molecule has 0 aliphatic heterocycles. The zero-order valence-corrected chi connectivity index (χ0v) is 13.9. The highest BCUT2D eigenvalue weighted by Gasteiger charge is 2.17. The van der Waals surface area contributed by atoms with E-state index in [1.54, 1.807) is 0 Å². The van der Waals surface area contributed by atoms with Gasteiger partial charge in [0.25, 0.3) is 0 Å². The van der Waals surface area contributed by atoms with E-state index in [2.05, 4.69) is 69.1 Å². The summed E-state index contributed by atoms with van der Waals surface area (Å²) in [6, 6.07) is 9.10. The van der Waals surface area contributed by atoms with Crippen LogP contribution in [0.25, 0.3) is 0 Å². The largest absolute Gasteiger partial charge is 0.312 e. The summed E-state index contributed by atoms with van der Waals surface area (Å²) in [4.78, 5) is 0. The van der Waals surface area contributed by atoms with Crippen molar-refractivity contribution in [3.05, 3.63) is 51.8 Å². The molecular formula is C16H22BrN3. The summed E-state index contributed by atoms with van der Waals surface area (Å²) in [6.07, 6.45) is 4.01. The summed E-state index contributed by atoms with van der Waals surface area (Å²) in [5, 5.41) is 7.81. The van der Waals surface area contributed by atoms with Crippen LogP contribution in [0.2, 0.25) is 0 Å². The highest BCUT2D eigenvalue weighted by atomic mass is 79.9. The van der Waals surface area contributed by atoms with Crippen LogP contribution in [0.15, 0.2) is 34.9 Å². The Balaban J connectivity index is 2.09. The number of aryl methyl sites for hydroxylation is 3. The van der Waals surface area contributed by atoms with Crippen LogP contribution < -0.4 is 5.32 Å². The molecule has 1 atom stereocenters. The van der Waals surface area contributed by atoms with Gasteiger partial charge >= 0.3 is 0 Å². The standard InChI is InChI=1S/C16H22BrN3/c1-4-20-16(14(17)11-19-20)15(18-3)10-9-13-7-5-12(2)6-8-13/h5-8,11,15,18H,4,9-10H2,1-3H3. The van der Waals surface area contributed by atoms with Crippen LogP contribution in [0.4, 0.5) is 0 Å². The minimum atomic E-state index is 0.313. The van der Waals surface area contributed by atoms with Crippen molar-refractivity contribution in [1.29, 1.82) is 0 Å². The third kappa shape index (κ3) is 3.49. The van der Waals surface area contributed by atoms with Crippen LogP contribution in [0.5, 0.6) is 0 Å². The third-order valence-electron chi connectivity index (χ3n) is 3.65. The molecule has 0 radical (unpaired) electrons. The second kappa shape index (κ2) is 7.04. The van der Waals surface area contributed by atoms with Crippen molar-refractivity contribution >= 4 is 15.9 Å². The number of benzene rings is 1. The minimum absolute atomic E-state index is 0.313. The van der Waals surface area contributed by atoms with Gasteiger partial charge < -0.3 is 5.32 Å². The van der Waals surface area contributed by atoms with Gasteiger partial charge in [0.05, 0.1) is 22.4 Å². The summed E-state index contributed by atoms with van der Waals surface area (Å²) < 4.78 is 3.14. The van der Waals surface area contributed by atoms with E-state index in [9.17, 15) is 0 Å². The topological polar surface area (TPSA) is 29.9 Å². The SMILES string of the molecule is CCn1ncc(Br)c1C(CCc1ccc(C)cc1)NC. The van der Waals surface area contributed by atoms with E-state index in [1.165, 1.54) is 16.8 Å². The number of nitrogens with one attached hydrogen (secondary N) is 1. The lowest BCUT2D eigenvalue weighted by molar-refractivity contribution is 0.487. The molecule has 0 saturated heterocycles. The maximum Gasteiger partial charge on any atom is 0.0695 e. The Labute approximate surface area is 129 Å². The van der Waals surface area contributed by atoms with Gasteiger partial charge in [-0.2, -0.15) is 5.10 Å². The summed E-state index contributed by atoms with van der Waals surface area (Å²) in [5.74, 6) is 0. The van der Waals surface area contributed by atoms with Gasteiger partial charge in [0, 0.05) is 6.54 Å². The van der Waals surface area contributed by atoms with Crippen molar-refractivity contribution in [2.75, 3.05) is 7.05 Å². The molecule has 0 aliphatic rings. The van der Waals surface area contributed by atoms with Gasteiger partial charge in [0.2, 0.25) is 0 Å². The molecule has 1 unspecified atom stereocenters. The third-order valence-corrected chi connectivity index (χ3v) is 4.26. The molecule has 0 saturated carbocycles. The lowest BCUT2D eigenvalue weighted by atomic mass is 10.0. The summed E-state index contributed by atoms with van der Waals surface area (Å²) in [6.45, 7) is 5.14. The fourth-order valence-electron chi connectivity index (χ4n) is 2.45. The molecule has 1 heterocycles. The number of aromatic nitrogens is 2. The molecule has 0 aliphatic carbocycles. The second-order valence-corrected chi connectivity index (χ2v) is 5.91. The van der Waals surface area contributed by atoms with Gasteiger partial charge in [0.1, 0.15) is 0 Å². The number of rotatable bonds is 6. The highest BCUT2D eigenvalue weighted by Crippen LogP contribution is 2.26. The Morgan fingerprint density at radius 1 is 1.30 bits per heavy atom. The van der Waals surface area contributed by atoms with Crippen LogP contribution in [0.1, 0.15) is 36.2 Å². The van der Waals surface area contributed by atoms with Gasteiger partial charge in [0.15, 0.2) is 0 Å². The zero-order chi connectivity index (χ0) is 14.5. The van der Waals surface area contributed by atoms with Crippen molar-refractivity contribution in [3.8, 4) is 0 Å². The van der Waals surface area contributed by atoms with Crippen molar-refractivity contribution in [1.82, 2.24) is 15.1 Å². The Bertz CT molecular complexity index is 545. The number of hydrogen-bond acceptors (Lipinski definition) is 2. The Hall–Kier alpha value is -1.13. The number of hydrogen-bond donors (Lipinski definition) is 1. The lowest BCUT2D eigenvalue weighted by Gasteiger charge is -2.18. The van der Waals surface area contributed by atoms with Crippen molar-refractivity contribution in [3.63, 3.8) is 0 Å². The van der Waals surface area contributed by atoms with E-state index in [0.29, 0.717) is 6.04 Å². The van der Waals surface area contributed by atoms with Crippen molar-refractivity contribution in [2.24, 2.45) is 0 Å². The molecule has 1 N–H and O–H groups in total. The molecular weight excluding hydrogens is 314 g/mol. The highest BCUT2D eigenvalue weighted by molar-refractivity contribution is 9.10. The molecule has 2 aromatic rings. The first-order valence-corrected chi connectivity index (χ1v) is 7.89. The molecule has 2 rings (SSSR count). The van der Waals surface area contributed by atoms with E-state index < -0.39 is 0 Å². The van der Waals surface area contributed by atoms with Gasteiger partial charge in [-0.15, -0.1) is 0 Å². The molecule has 0 bridgehead atoms. The quantitative estimate of drug-likeness (QED) is 0.868. The van der Waals surface area contributed by atoms with Gasteiger partial charge in [-0.05, 0) is 55.2 Å². The smallest absolute Gasteiger partial charge is 0.0695 e. The predicted octanol–water partition coefficient (Wildman–Crippen LogP) is 3.87. The first-order chi connectivity index (χ1) is 9.65. The van der Waals surface area contributed by atoms with Crippen molar-refractivity contribution in [2.45, 2.75) is 39.3 Å². The fraction of sp³-hybridized carbons (Fsp3) is 0.438. The van der Waals surface area contributed by atoms with Crippen LogP contribution >= 0.6 is 15.9 Å². The molecule has 108 valence electrons. The maximum absolute atomic E-state index is 4.40. The number of halogens is 1. The van der Waals surface area contributed by atoms with Gasteiger partial charge in [-0.25, -0.2) is 0 Å². The normalized spacial score (nSPS) is 12.6. The maximum atomic E-state index is 4.40. The lowest BCUT2D eigenvalue weighted by Crippen LogP contribution is -2.21. The van der Waals surface area contributed by atoms with Crippen LogP contribution in [-0.4, -0.2) is 16.8 Å². The molecule has 3 nitrogen and oxygen atoms in total. The Morgan fingerprint density at radius 2 is 2.00 bits per heavy atom. The predicted molar refractivity (Wildman–Crippen MR) is 86.9 cm³/mol. The Morgan fingerprint density at radius 3 is 2.60 bits per heavy atom. The number of nitrogens with zero attached hydrogens (tertiary/aromatic N) is 2. The van der Waals surface area contributed by atoms with E-state index in [-0.39, 0.29) is 0 Å². The second-order valence-electron chi connectivity index (χ2n) is 5.06. The molecule has 0 fully saturated rings. The first kappa shape index (κ1) is 15.3. The van der Waals surface area contributed by atoms with Crippen molar-refractivity contribution < 1.29 is 0 Å². The van der Waals surface area contributed by atoms with Gasteiger partial charge in [-0.3, -0.25) is 4.68 Å². The molecule has 0 spiro atoms. The Kier molecular flexibility index (Phi) is 5.38. The van der Waals surface area contributed by atoms with E-state index in [0.717, 1.165) is 23.9 Å². The summed E-state index contributed by atoms with van der Waals surface area (Å²) in [5.41, 5.74) is 3.93. The monoisotopic (exact) mass is 335 g/mol. The molecule has 1 aromatic heterocycles. The molecule has 1 aromatic carbocycles. The summed E-state index contributed by atoms with van der Waals surface area (Å²) in [7, 11) is 2.01. The molecule has 4 heteroatoms. The molecule has 0 amide bonds. The van der Waals surface area contributed by atoms with E-state index in [1.807, 2.05) is 13.2 Å². The minimum Gasteiger partial charge on any atom is -0.312 e.